The van der Waals surface area contributed by atoms with Crippen molar-refractivity contribution in [3.63, 3.8) is 0 Å². The van der Waals surface area contributed by atoms with Crippen LogP contribution < -0.4 is 4.74 Å². The molecule has 4 rings (SSSR count). The van der Waals surface area contributed by atoms with Crippen LogP contribution in [-0.4, -0.2) is 38.3 Å². The molecule has 0 aliphatic carbocycles. The van der Waals surface area contributed by atoms with Crippen LogP contribution >= 0.6 is 0 Å². The second kappa shape index (κ2) is 7.19. The van der Waals surface area contributed by atoms with Crippen molar-refractivity contribution in [1.29, 1.82) is 0 Å². The summed E-state index contributed by atoms with van der Waals surface area (Å²) in [5.41, 5.74) is 5.13. The number of hydrogen-bond donors (Lipinski definition) is 0. The standard InChI is InChI=1S/C20H21N5O2/c1-13-5-6-16(11-21-13)20-17(15(3)27-24-20)12-26-19-8-7-18(22-23-19)14(2)25-9-4-10-25/h5-8,11H,2,4,9-10,12H2,1,3H3. The summed E-state index contributed by atoms with van der Waals surface area (Å²) >= 11 is 0. The van der Waals surface area contributed by atoms with Crippen molar-refractivity contribution < 1.29 is 9.26 Å². The van der Waals surface area contributed by atoms with Crippen molar-refractivity contribution in [3.05, 3.63) is 59.8 Å². The summed E-state index contributed by atoms with van der Waals surface area (Å²) < 4.78 is 11.2. The topological polar surface area (TPSA) is 77.2 Å². The fourth-order valence-corrected chi connectivity index (χ4v) is 2.84. The predicted octanol–water partition coefficient (Wildman–Crippen LogP) is 3.40. The fourth-order valence-electron chi connectivity index (χ4n) is 2.84. The molecule has 0 N–H and O–H groups in total. The van der Waals surface area contributed by atoms with Crippen LogP contribution in [0.3, 0.4) is 0 Å². The maximum atomic E-state index is 5.82. The van der Waals surface area contributed by atoms with Crippen molar-refractivity contribution >= 4 is 5.70 Å². The lowest BCUT2D eigenvalue weighted by atomic mass is 10.1. The van der Waals surface area contributed by atoms with E-state index < -0.39 is 0 Å². The lowest BCUT2D eigenvalue weighted by molar-refractivity contribution is 0.278. The van der Waals surface area contributed by atoms with Gasteiger partial charge in [-0.15, -0.1) is 10.2 Å². The van der Waals surface area contributed by atoms with Gasteiger partial charge < -0.3 is 14.2 Å². The summed E-state index contributed by atoms with van der Waals surface area (Å²) in [6.07, 6.45) is 2.98. The largest absolute Gasteiger partial charge is 0.472 e. The summed E-state index contributed by atoms with van der Waals surface area (Å²) in [6, 6.07) is 7.61. The zero-order valence-corrected chi connectivity index (χ0v) is 15.5. The van der Waals surface area contributed by atoms with Gasteiger partial charge in [-0.05, 0) is 38.5 Å². The van der Waals surface area contributed by atoms with E-state index in [1.807, 2.05) is 38.1 Å². The van der Waals surface area contributed by atoms with Gasteiger partial charge in [0.1, 0.15) is 23.8 Å². The average Bonchev–Trinajstić information content (AvgIpc) is 3.00. The van der Waals surface area contributed by atoms with Crippen LogP contribution in [0.5, 0.6) is 5.88 Å². The van der Waals surface area contributed by atoms with Gasteiger partial charge in [-0.25, -0.2) is 0 Å². The first kappa shape index (κ1) is 17.2. The first-order chi connectivity index (χ1) is 13.1. The minimum Gasteiger partial charge on any atom is -0.472 e. The van der Waals surface area contributed by atoms with Crippen LogP contribution in [0.25, 0.3) is 17.0 Å². The van der Waals surface area contributed by atoms with Gasteiger partial charge in [0.25, 0.3) is 0 Å². The van der Waals surface area contributed by atoms with Crippen LogP contribution in [-0.2, 0) is 6.61 Å². The Morgan fingerprint density at radius 1 is 1.19 bits per heavy atom. The highest BCUT2D eigenvalue weighted by atomic mass is 16.5. The van der Waals surface area contributed by atoms with Crippen molar-refractivity contribution in [2.45, 2.75) is 26.9 Å². The predicted molar refractivity (Wildman–Crippen MR) is 101 cm³/mol. The van der Waals surface area contributed by atoms with E-state index in [4.69, 9.17) is 9.26 Å². The molecular formula is C20H21N5O2. The van der Waals surface area contributed by atoms with Crippen molar-refractivity contribution in [3.8, 4) is 17.1 Å². The highest BCUT2D eigenvalue weighted by molar-refractivity contribution is 5.62. The molecule has 0 unspecified atom stereocenters. The molecule has 0 spiro atoms. The van der Waals surface area contributed by atoms with E-state index in [9.17, 15) is 0 Å². The van der Waals surface area contributed by atoms with Crippen molar-refractivity contribution in [2.24, 2.45) is 0 Å². The summed E-state index contributed by atoms with van der Waals surface area (Å²) in [4.78, 5) is 6.51. The molecule has 1 saturated heterocycles. The Morgan fingerprint density at radius 2 is 2.04 bits per heavy atom. The molecule has 7 heteroatoms. The van der Waals surface area contributed by atoms with Crippen LogP contribution in [0.1, 0.15) is 29.1 Å². The van der Waals surface area contributed by atoms with Gasteiger partial charge in [-0.2, -0.15) is 0 Å². The number of pyridine rings is 1. The van der Waals surface area contributed by atoms with E-state index in [0.29, 0.717) is 18.2 Å². The summed E-state index contributed by atoms with van der Waals surface area (Å²) in [5, 5.41) is 12.5. The Hall–Kier alpha value is -3.22. The van der Waals surface area contributed by atoms with E-state index in [0.717, 1.165) is 47.0 Å². The molecule has 3 aromatic rings. The Labute approximate surface area is 157 Å². The first-order valence-corrected chi connectivity index (χ1v) is 8.91. The second-order valence-corrected chi connectivity index (χ2v) is 6.59. The van der Waals surface area contributed by atoms with Gasteiger partial charge >= 0.3 is 0 Å². The Bertz CT molecular complexity index is 944. The zero-order chi connectivity index (χ0) is 18.8. The lowest BCUT2D eigenvalue weighted by Gasteiger charge is -2.34. The summed E-state index contributed by atoms with van der Waals surface area (Å²) in [7, 11) is 0. The highest BCUT2D eigenvalue weighted by Crippen LogP contribution is 2.26. The zero-order valence-electron chi connectivity index (χ0n) is 15.5. The Morgan fingerprint density at radius 3 is 2.67 bits per heavy atom. The molecule has 3 aromatic heterocycles. The number of hydrogen-bond acceptors (Lipinski definition) is 7. The highest BCUT2D eigenvalue weighted by Gasteiger charge is 2.19. The van der Waals surface area contributed by atoms with Gasteiger partial charge in [0.2, 0.25) is 5.88 Å². The van der Waals surface area contributed by atoms with E-state index in [2.05, 4.69) is 31.8 Å². The van der Waals surface area contributed by atoms with Gasteiger partial charge in [-0.3, -0.25) is 4.98 Å². The molecule has 1 fully saturated rings. The molecule has 27 heavy (non-hydrogen) atoms. The van der Waals surface area contributed by atoms with Crippen LogP contribution in [0.4, 0.5) is 0 Å². The molecule has 0 radical (unpaired) electrons. The first-order valence-electron chi connectivity index (χ1n) is 8.91. The molecule has 0 aromatic carbocycles. The number of ether oxygens (including phenoxy) is 1. The smallest absolute Gasteiger partial charge is 0.233 e. The maximum absolute atomic E-state index is 5.82. The normalized spacial score (nSPS) is 13.3. The number of likely N-dealkylation sites (tertiary alicyclic amines) is 1. The summed E-state index contributed by atoms with van der Waals surface area (Å²) in [6.45, 7) is 10.2. The molecule has 0 saturated carbocycles. The van der Waals surface area contributed by atoms with E-state index in [-0.39, 0.29) is 0 Å². The monoisotopic (exact) mass is 363 g/mol. The molecular weight excluding hydrogens is 342 g/mol. The molecule has 4 heterocycles. The molecule has 7 nitrogen and oxygen atoms in total. The van der Waals surface area contributed by atoms with Crippen molar-refractivity contribution in [1.82, 2.24) is 25.2 Å². The molecule has 0 bridgehead atoms. The van der Waals surface area contributed by atoms with Gasteiger partial charge in [-0.1, -0.05) is 11.7 Å². The van der Waals surface area contributed by atoms with E-state index in [1.165, 1.54) is 6.42 Å². The fraction of sp³-hybridized carbons (Fsp3) is 0.300. The quantitative estimate of drug-likeness (QED) is 0.664. The van der Waals surface area contributed by atoms with Crippen molar-refractivity contribution in [2.75, 3.05) is 13.1 Å². The minimum absolute atomic E-state index is 0.291. The summed E-state index contributed by atoms with van der Waals surface area (Å²) in [5.74, 6) is 1.16. The minimum atomic E-state index is 0.291. The maximum Gasteiger partial charge on any atom is 0.233 e. The molecule has 0 amide bonds. The molecule has 1 aliphatic heterocycles. The third-order valence-electron chi connectivity index (χ3n) is 4.71. The van der Waals surface area contributed by atoms with Crippen LogP contribution in [0, 0.1) is 13.8 Å². The number of aromatic nitrogens is 4. The van der Waals surface area contributed by atoms with Gasteiger partial charge in [0.15, 0.2) is 0 Å². The van der Waals surface area contributed by atoms with E-state index >= 15 is 0 Å². The molecule has 0 atom stereocenters. The Kier molecular flexibility index (Phi) is 4.58. The van der Waals surface area contributed by atoms with Crippen LogP contribution in [0.15, 0.2) is 41.6 Å². The average molecular weight is 363 g/mol. The SMILES string of the molecule is C=C(c1ccc(OCc2c(-c3ccc(C)nc3)noc2C)nn1)N1CCC1. The number of nitrogens with zero attached hydrogens (tertiary/aromatic N) is 5. The number of rotatable bonds is 6. The third-order valence-corrected chi connectivity index (χ3v) is 4.71. The van der Waals surface area contributed by atoms with Gasteiger partial charge in [0, 0.05) is 36.6 Å². The van der Waals surface area contributed by atoms with Crippen LogP contribution in [0.2, 0.25) is 0 Å². The second-order valence-electron chi connectivity index (χ2n) is 6.59. The molecule has 138 valence electrons. The van der Waals surface area contributed by atoms with E-state index in [1.54, 1.807) is 6.20 Å². The number of aryl methyl sites for hydroxylation is 2. The van der Waals surface area contributed by atoms with Gasteiger partial charge in [0.05, 0.1) is 11.3 Å². The lowest BCUT2D eigenvalue weighted by Crippen LogP contribution is -2.35. The Balaban J connectivity index is 1.46. The third kappa shape index (κ3) is 3.53. The molecule has 1 aliphatic rings.